The van der Waals surface area contributed by atoms with Crippen LogP contribution in [0.25, 0.3) is 0 Å². The summed E-state index contributed by atoms with van der Waals surface area (Å²) < 4.78 is 4.81. The summed E-state index contributed by atoms with van der Waals surface area (Å²) in [5.41, 5.74) is -0.343. The Morgan fingerprint density at radius 2 is 1.90 bits per heavy atom. The third-order valence-electron chi connectivity index (χ3n) is 10.3. The van der Waals surface area contributed by atoms with E-state index in [1.54, 1.807) is 0 Å². The van der Waals surface area contributed by atoms with Crippen LogP contribution in [0.1, 0.15) is 78.6 Å². The molecule has 0 aliphatic heterocycles. The normalized spacial score (nSPS) is 49.0. The zero-order valence-electron chi connectivity index (χ0n) is 19.1. The van der Waals surface area contributed by atoms with E-state index in [9.17, 15) is 19.8 Å². The first-order valence-electron chi connectivity index (χ1n) is 12.1. The Morgan fingerprint density at radius 1 is 1.17 bits per heavy atom. The average molecular weight is 421 g/mol. The molecule has 5 nitrogen and oxygen atoms in total. The molecule has 0 bridgehead atoms. The molecule has 5 heteroatoms. The van der Waals surface area contributed by atoms with Crippen LogP contribution in [0.5, 0.6) is 0 Å². The molecule has 4 aliphatic rings. The smallest absolute Gasteiger partial charge is 0.305 e. The Kier molecular flexibility index (Phi) is 5.85. The van der Waals surface area contributed by atoms with Gasteiger partial charge in [-0.15, -0.1) is 0 Å². The molecule has 0 heterocycles. The number of esters is 1. The minimum Gasteiger partial charge on any atom is -0.469 e. The molecule has 30 heavy (non-hydrogen) atoms. The lowest BCUT2D eigenvalue weighted by atomic mass is 9.43. The van der Waals surface area contributed by atoms with Crippen LogP contribution in [0.2, 0.25) is 0 Å². The second-order valence-corrected chi connectivity index (χ2v) is 11.4. The number of rotatable bonds is 4. The van der Waals surface area contributed by atoms with E-state index in [0.29, 0.717) is 24.5 Å². The van der Waals surface area contributed by atoms with Crippen LogP contribution in [0.4, 0.5) is 0 Å². The van der Waals surface area contributed by atoms with Crippen LogP contribution < -0.4 is 0 Å². The van der Waals surface area contributed by atoms with Gasteiger partial charge in [-0.1, -0.05) is 20.8 Å². The molecule has 2 N–H and O–H groups in total. The molecule has 0 aromatic carbocycles. The van der Waals surface area contributed by atoms with Gasteiger partial charge in [0.1, 0.15) is 5.78 Å². The van der Waals surface area contributed by atoms with Crippen molar-refractivity contribution in [3.8, 4) is 0 Å². The average Bonchev–Trinajstić information content (AvgIpc) is 3.06. The lowest BCUT2D eigenvalue weighted by Crippen LogP contribution is -2.61. The summed E-state index contributed by atoms with van der Waals surface area (Å²) in [6.45, 7) is 6.67. The fourth-order valence-corrected chi connectivity index (χ4v) is 8.51. The number of aliphatic hydroxyl groups is 2. The lowest BCUT2D eigenvalue weighted by Gasteiger charge is -2.61. The largest absolute Gasteiger partial charge is 0.469 e. The molecule has 0 amide bonds. The monoisotopic (exact) mass is 420 g/mol. The van der Waals surface area contributed by atoms with Gasteiger partial charge in [0.15, 0.2) is 0 Å². The van der Waals surface area contributed by atoms with Crippen molar-refractivity contribution in [1.82, 2.24) is 0 Å². The number of fused-ring (bicyclic) bond motifs is 5. The van der Waals surface area contributed by atoms with Crippen molar-refractivity contribution < 1.29 is 24.5 Å². The topological polar surface area (TPSA) is 83.8 Å². The van der Waals surface area contributed by atoms with Gasteiger partial charge in [0.05, 0.1) is 19.3 Å². The Morgan fingerprint density at radius 3 is 2.60 bits per heavy atom. The van der Waals surface area contributed by atoms with Gasteiger partial charge < -0.3 is 14.9 Å². The number of aliphatic hydroxyl groups excluding tert-OH is 2. The molecule has 0 radical (unpaired) electrons. The molecule has 0 aromatic heterocycles. The number of Topliss-reactive ketones (excluding diaryl/α,β-unsaturated/α-hetero) is 1. The Bertz CT molecular complexity index is 691. The van der Waals surface area contributed by atoms with E-state index < -0.39 is 5.41 Å². The van der Waals surface area contributed by atoms with Crippen molar-refractivity contribution in [2.75, 3.05) is 7.11 Å². The van der Waals surface area contributed by atoms with E-state index in [4.69, 9.17) is 4.74 Å². The predicted molar refractivity (Wildman–Crippen MR) is 113 cm³/mol. The number of carbonyl (C=O) groups is 2. The van der Waals surface area contributed by atoms with E-state index >= 15 is 0 Å². The molecule has 10 atom stereocenters. The van der Waals surface area contributed by atoms with Gasteiger partial charge in [0, 0.05) is 18.3 Å². The molecule has 4 saturated carbocycles. The maximum Gasteiger partial charge on any atom is 0.305 e. The highest BCUT2D eigenvalue weighted by atomic mass is 16.5. The van der Waals surface area contributed by atoms with Crippen molar-refractivity contribution in [2.45, 2.75) is 90.8 Å². The summed E-state index contributed by atoms with van der Waals surface area (Å²) in [5.74, 6) is 1.70. The van der Waals surface area contributed by atoms with E-state index in [1.165, 1.54) is 7.11 Å². The fourth-order valence-electron chi connectivity index (χ4n) is 8.51. The number of methoxy groups -OCH3 is 1. The summed E-state index contributed by atoms with van der Waals surface area (Å²) in [6, 6.07) is 0. The SMILES string of the molecule is COC(=O)CC[C@H](C)[C@H]1CC[C@H]2[C@@H]3[C@@H](O)C[C@H]4C[C@@H](O)CC[C@]4(C)[C@H]3CC(=O)[C@]12C. The summed E-state index contributed by atoms with van der Waals surface area (Å²) >= 11 is 0. The van der Waals surface area contributed by atoms with Crippen LogP contribution in [-0.2, 0) is 14.3 Å². The number of ether oxygens (including phenoxy) is 1. The highest BCUT2D eigenvalue weighted by molar-refractivity contribution is 5.87. The van der Waals surface area contributed by atoms with Crippen molar-refractivity contribution in [1.29, 1.82) is 0 Å². The van der Waals surface area contributed by atoms with Crippen molar-refractivity contribution in [3.63, 3.8) is 0 Å². The highest BCUT2D eigenvalue weighted by Crippen LogP contribution is 2.67. The van der Waals surface area contributed by atoms with Crippen molar-refractivity contribution >= 4 is 11.8 Å². The number of hydrogen-bond donors (Lipinski definition) is 2. The Balaban J connectivity index is 1.59. The first-order valence-corrected chi connectivity index (χ1v) is 12.1. The van der Waals surface area contributed by atoms with Gasteiger partial charge >= 0.3 is 5.97 Å². The van der Waals surface area contributed by atoms with Gasteiger partial charge in [-0.2, -0.15) is 0 Å². The van der Waals surface area contributed by atoms with Gasteiger partial charge in [-0.3, -0.25) is 9.59 Å². The summed E-state index contributed by atoms with van der Waals surface area (Å²) in [7, 11) is 1.42. The molecule has 4 fully saturated rings. The molecule has 0 aromatic rings. The van der Waals surface area contributed by atoms with Crippen LogP contribution >= 0.6 is 0 Å². The molecular formula is C25H40O5. The third kappa shape index (κ3) is 3.26. The summed E-state index contributed by atoms with van der Waals surface area (Å²) in [4.78, 5) is 25.4. The van der Waals surface area contributed by atoms with E-state index in [2.05, 4.69) is 20.8 Å². The maximum absolute atomic E-state index is 13.7. The van der Waals surface area contributed by atoms with E-state index in [0.717, 1.165) is 44.9 Å². The molecule has 4 rings (SSSR count). The minimum atomic E-state index is -0.394. The van der Waals surface area contributed by atoms with E-state index in [-0.39, 0.29) is 53.2 Å². The molecule has 170 valence electrons. The zero-order valence-corrected chi connectivity index (χ0v) is 19.1. The van der Waals surface area contributed by atoms with Gasteiger partial charge in [-0.05, 0) is 85.9 Å². The third-order valence-corrected chi connectivity index (χ3v) is 10.3. The fraction of sp³-hybridized carbons (Fsp3) is 0.920. The highest BCUT2D eigenvalue weighted by Gasteiger charge is 2.65. The van der Waals surface area contributed by atoms with Crippen LogP contribution in [0, 0.1) is 46.3 Å². The maximum atomic E-state index is 13.7. The molecule has 0 saturated heterocycles. The predicted octanol–water partition coefficient (Wildman–Crippen LogP) is 3.75. The van der Waals surface area contributed by atoms with Crippen LogP contribution in [0.3, 0.4) is 0 Å². The van der Waals surface area contributed by atoms with Gasteiger partial charge in [0.25, 0.3) is 0 Å². The zero-order chi connectivity index (χ0) is 21.8. The first-order chi connectivity index (χ1) is 14.1. The number of carbonyl (C=O) groups excluding carboxylic acids is 2. The molecule has 0 spiro atoms. The van der Waals surface area contributed by atoms with Crippen molar-refractivity contribution in [3.05, 3.63) is 0 Å². The van der Waals surface area contributed by atoms with Crippen LogP contribution in [-0.4, -0.2) is 41.3 Å². The first kappa shape index (κ1) is 22.3. The van der Waals surface area contributed by atoms with Gasteiger partial charge in [0.2, 0.25) is 0 Å². The van der Waals surface area contributed by atoms with E-state index in [1.807, 2.05) is 0 Å². The Hall–Kier alpha value is -0.940. The quantitative estimate of drug-likeness (QED) is 0.677. The molecule has 4 aliphatic carbocycles. The molecular weight excluding hydrogens is 380 g/mol. The summed E-state index contributed by atoms with van der Waals surface area (Å²) in [5, 5.41) is 21.5. The van der Waals surface area contributed by atoms with Crippen LogP contribution in [0.15, 0.2) is 0 Å². The molecule has 0 unspecified atom stereocenters. The number of hydrogen-bond acceptors (Lipinski definition) is 5. The minimum absolute atomic E-state index is 0.0503. The summed E-state index contributed by atoms with van der Waals surface area (Å²) in [6.07, 6.45) is 6.39. The number of ketones is 1. The lowest BCUT2D eigenvalue weighted by molar-refractivity contribution is -0.181. The second kappa shape index (κ2) is 7.88. The van der Waals surface area contributed by atoms with Crippen molar-refractivity contribution in [2.24, 2.45) is 46.3 Å². The Labute approximate surface area is 180 Å². The second-order valence-electron chi connectivity index (χ2n) is 11.4. The standard InChI is InChI=1S/C25H40O5/c1-14(5-8-22(29)30-4)17-6-7-18-23-19(13-21(28)25(17,18)3)24(2)10-9-16(26)11-15(24)12-20(23)27/h14-20,23,26-27H,5-13H2,1-4H3/t14-,15+,16-,17+,18-,19-,20-,23-,24-,25+/m0/s1. The van der Waals surface area contributed by atoms with Gasteiger partial charge in [-0.25, -0.2) is 0 Å².